The number of benzene rings is 2. The highest BCUT2D eigenvalue weighted by atomic mass is 35.5. The second kappa shape index (κ2) is 10.5. The molecule has 2 aromatic rings. The minimum absolute atomic E-state index is 0.319. The summed E-state index contributed by atoms with van der Waals surface area (Å²) >= 11 is 6.02. The number of para-hydroxylation sites is 1. The van der Waals surface area contributed by atoms with E-state index in [2.05, 4.69) is 10.2 Å². The first-order valence-electron chi connectivity index (χ1n) is 9.53. The predicted octanol–water partition coefficient (Wildman–Crippen LogP) is 3.53. The van der Waals surface area contributed by atoms with Gasteiger partial charge in [-0.3, -0.25) is 9.10 Å². The van der Waals surface area contributed by atoms with Gasteiger partial charge in [0.05, 0.1) is 11.9 Å². The fraction of sp³-hybridized carbons (Fsp3) is 0.381. The molecule has 0 aliphatic carbocycles. The van der Waals surface area contributed by atoms with Gasteiger partial charge in [-0.05, 0) is 43.2 Å². The lowest BCUT2D eigenvalue weighted by molar-refractivity contribution is -0.122. The number of hydrogen-bond donors (Lipinski definition) is 1. The van der Waals surface area contributed by atoms with Crippen molar-refractivity contribution in [1.82, 2.24) is 5.32 Å². The SMILES string of the molecule is CC[C@@H](C(=O)NCCCN(C)c1ccccc1)N(c1cccc(Cl)c1)S(C)(=O)=O. The number of rotatable bonds is 10. The zero-order valence-electron chi connectivity index (χ0n) is 17.0. The summed E-state index contributed by atoms with van der Waals surface area (Å²) in [6.45, 7) is 3.01. The van der Waals surface area contributed by atoms with E-state index in [1.807, 2.05) is 37.4 Å². The van der Waals surface area contributed by atoms with Gasteiger partial charge in [0.2, 0.25) is 15.9 Å². The second-order valence-corrected chi connectivity index (χ2v) is 9.16. The van der Waals surface area contributed by atoms with E-state index in [0.717, 1.165) is 29.2 Å². The number of amides is 1. The topological polar surface area (TPSA) is 69.7 Å². The van der Waals surface area contributed by atoms with Crippen LogP contribution in [0.5, 0.6) is 0 Å². The van der Waals surface area contributed by atoms with Crippen LogP contribution >= 0.6 is 11.6 Å². The van der Waals surface area contributed by atoms with Gasteiger partial charge in [-0.25, -0.2) is 8.42 Å². The maximum atomic E-state index is 12.8. The molecule has 2 rings (SSSR count). The summed E-state index contributed by atoms with van der Waals surface area (Å²) in [6.07, 6.45) is 2.18. The summed E-state index contributed by atoms with van der Waals surface area (Å²) in [5.41, 5.74) is 1.49. The van der Waals surface area contributed by atoms with E-state index in [9.17, 15) is 13.2 Å². The Morgan fingerprint density at radius 2 is 1.76 bits per heavy atom. The molecule has 0 fully saturated rings. The highest BCUT2D eigenvalue weighted by molar-refractivity contribution is 7.92. The summed E-state index contributed by atoms with van der Waals surface area (Å²) in [6, 6.07) is 15.7. The van der Waals surface area contributed by atoms with E-state index >= 15 is 0 Å². The Labute approximate surface area is 178 Å². The Bertz CT molecular complexity index is 906. The lowest BCUT2D eigenvalue weighted by Gasteiger charge is -2.30. The molecule has 2 aromatic carbocycles. The van der Waals surface area contributed by atoms with E-state index < -0.39 is 16.1 Å². The van der Waals surface area contributed by atoms with Crippen molar-refractivity contribution in [3.63, 3.8) is 0 Å². The standard InChI is InChI=1S/C21H28ClN3O3S/c1-4-20(25(29(3,27)28)19-13-8-10-17(22)16-19)21(26)23-14-9-15-24(2)18-11-6-5-7-12-18/h5-8,10-13,16,20H,4,9,14-15H2,1-3H3,(H,23,26)/t20-/m0/s1. The van der Waals surface area contributed by atoms with Gasteiger partial charge in [0.25, 0.3) is 0 Å². The molecule has 1 amide bonds. The van der Waals surface area contributed by atoms with Crippen molar-refractivity contribution in [2.75, 3.05) is 35.6 Å². The van der Waals surface area contributed by atoms with Gasteiger partial charge < -0.3 is 10.2 Å². The van der Waals surface area contributed by atoms with Crippen molar-refractivity contribution in [1.29, 1.82) is 0 Å². The number of nitrogens with one attached hydrogen (secondary N) is 1. The third kappa shape index (κ3) is 6.65. The van der Waals surface area contributed by atoms with Gasteiger partial charge >= 0.3 is 0 Å². The fourth-order valence-corrected chi connectivity index (χ4v) is 4.52. The molecule has 0 aliphatic heterocycles. The number of sulfonamides is 1. The molecule has 0 unspecified atom stereocenters. The first-order valence-corrected chi connectivity index (χ1v) is 11.8. The molecule has 0 radical (unpaired) electrons. The molecule has 0 bridgehead atoms. The van der Waals surface area contributed by atoms with Gasteiger partial charge in [-0.15, -0.1) is 0 Å². The normalized spacial score (nSPS) is 12.3. The van der Waals surface area contributed by atoms with Crippen molar-refractivity contribution >= 4 is 38.9 Å². The summed E-state index contributed by atoms with van der Waals surface area (Å²) in [5, 5.41) is 3.29. The van der Waals surface area contributed by atoms with Crippen LogP contribution in [0.3, 0.4) is 0 Å². The molecule has 158 valence electrons. The first-order chi connectivity index (χ1) is 13.7. The quantitative estimate of drug-likeness (QED) is 0.577. The summed E-state index contributed by atoms with van der Waals surface area (Å²) in [7, 11) is -1.67. The van der Waals surface area contributed by atoms with Crippen LogP contribution in [0.1, 0.15) is 19.8 Å². The van der Waals surface area contributed by atoms with Crippen molar-refractivity contribution in [3.8, 4) is 0 Å². The number of hydrogen-bond acceptors (Lipinski definition) is 4. The lowest BCUT2D eigenvalue weighted by atomic mass is 10.2. The molecule has 1 N–H and O–H groups in total. The van der Waals surface area contributed by atoms with Gasteiger partial charge in [0.1, 0.15) is 6.04 Å². The Balaban J connectivity index is 2.00. The van der Waals surface area contributed by atoms with Gasteiger partial charge in [0, 0.05) is 30.8 Å². The average molecular weight is 438 g/mol. The molecule has 0 spiro atoms. The van der Waals surface area contributed by atoms with Crippen LogP contribution in [0, 0.1) is 0 Å². The van der Waals surface area contributed by atoms with Crippen LogP contribution < -0.4 is 14.5 Å². The number of carbonyl (C=O) groups excluding carboxylic acids is 1. The molecular formula is C21H28ClN3O3S. The third-order valence-corrected chi connectivity index (χ3v) is 5.97. The Hall–Kier alpha value is -2.25. The van der Waals surface area contributed by atoms with Gasteiger partial charge in [-0.2, -0.15) is 0 Å². The van der Waals surface area contributed by atoms with Crippen molar-refractivity contribution in [2.24, 2.45) is 0 Å². The molecule has 29 heavy (non-hydrogen) atoms. The summed E-state index contributed by atoms with van der Waals surface area (Å²) in [5.74, 6) is -0.319. The minimum atomic E-state index is -3.67. The van der Waals surface area contributed by atoms with Crippen LogP contribution in [0.2, 0.25) is 5.02 Å². The minimum Gasteiger partial charge on any atom is -0.375 e. The lowest BCUT2D eigenvalue weighted by Crippen LogP contribution is -2.49. The number of anilines is 2. The monoisotopic (exact) mass is 437 g/mol. The fourth-order valence-electron chi connectivity index (χ4n) is 3.13. The molecule has 8 heteroatoms. The third-order valence-electron chi connectivity index (χ3n) is 4.56. The van der Waals surface area contributed by atoms with Crippen LogP contribution in [-0.2, 0) is 14.8 Å². The number of halogens is 1. The molecule has 0 aliphatic rings. The van der Waals surface area contributed by atoms with Crippen LogP contribution in [-0.4, -0.2) is 46.8 Å². The first kappa shape index (κ1) is 23.0. The summed E-state index contributed by atoms with van der Waals surface area (Å²) in [4.78, 5) is 14.9. The van der Waals surface area contributed by atoms with Crippen molar-refractivity contribution < 1.29 is 13.2 Å². The van der Waals surface area contributed by atoms with Crippen molar-refractivity contribution in [3.05, 3.63) is 59.6 Å². The molecule has 0 saturated carbocycles. The maximum absolute atomic E-state index is 12.8. The molecule has 0 aromatic heterocycles. The number of carbonyl (C=O) groups is 1. The smallest absolute Gasteiger partial charge is 0.243 e. The van der Waals surface area contributed by atoms with E-state index in [1.165, 1.54) is 0 Å². The summed E-state index contributed by atoms with van der Waals surface area (Å²) < 4.78 is 26.0. The Morgan fingerprint density at radius 3 is 2.34 bits per heavy atom. The van der Waals surface area contributed by atoms with Crippen LogP contribution in [0.25, 0.3) is 0 Å². The Kier molecular flexibility index (Phi) is 8.34. The molecule has 0 heterocycles. The molecule has 6 nitrogen and oxygen atoms in total. The van der Waals surface area contributed by atoms with E-state index in [0.29, 0.717) is 23.7 Å². The average Bonchev–Trinajstić information content (AvgIpc) is 2.68. The van der Waals surface area contributed by atoms with E-state index in [4.69, 9.17) is 11.6 Å². The molecular weight excluding hydrogens is 410 g/mol. The Morgan fingerprint density at radius 1 is 1.10 bits per heavy atom. The zero-order valence-corrected chi connectivity index (χ0v) is 18.6. The van der Waals surface area contributed by atoms with Gasteiger partial charge in [0.15, 0.2) is 0 Å². The second-order valence-electron chi connectivity index (χ2n) is 6.86. The predicted molar refractivity (Wildman–Crippen MR) is 120 cm³/mol. The zero-order chi connectivity index (χ0) is 21.4. The largest absolute Gasteiger partial charge is 0.375 e. The van der Waals surface area contributed by atoms with Crippen molar-refractivity contribution in [2.45, 2.75) is 25.8 Å². The van der Waals surface area contributed by atoms with Gasteiger partial charge in [-0.1, -0.05) is 42.8 Å². The number of nitrogens with zero attached hydrogens (tertiary/aromatic N) is 2. The highest BCUT2D eigenvalue weighted by Crippen LogP contribution is 2.25. The van der Waals surface area contributed by atoms with E-state index in [1.54, 1.807) is 31.2 Å². The van der Waals surface area contributed by atoms with E-state index in [-0.39, 0.29) is 5.91 Å². The molecule has 1 atom stereocenters. The maximum Gasteiger partial charge on any atom is 0.243 e. The molecule has 0 saturated heterocycles. The van der Waals surface area contributed by atoms with Crippen LogP contribution in [0.15, 0.2) is 54.6 Å². The highest BCUT2D eigenvalue weighted by Gasteiger charge is 2.31. The van der Waals surface area contributed by atoms with Crippen LogP contribution in [0.4, 0.5) is 11.4 Å².